The first-order valence-electron chi connectivity index (χ1n) is 4.86. The third-order valence-corrected chi connectivity index (χ3v) is 1.24. The maximum Gasteiger partial charge on any atom is 0.119 e. The van der Waals surface area contributed by atoms with Gasteiger partial charge in [0.15, 0.2) is 0 Å². The molecule has 0 unspecified atom stereocenters. The van der Waals surface area contributed by atoms with Crippen molar-refractivity contribution in [2.24, 2.45) is 5.72 Å². The SMILES string of the molecule is [2H]N([2H])[C@@H](c1ccccc1)C([2H])([2H])O. The zero-order valence-corrected chi connectivity index (χ0v) is 5.36. The van der Waals surface area contributed by atoms with Crippen LogP contribution in [-0.2, 0) is 0 Å². The summed E-state index contributed by atoms with van der Waals surface area (Å²) in [6.45, 7) is -2.61. The largest absolute Gasteiger partial charge is 0.394 e. The molecule has 2 heteroatoms. The van der Waals surface area contributed by atoms with Crippen molar-refractivity contribution >= 4 is 0 Å². The van der Waals surface area contributed by atoms with Crippen LogP contribution in [-0.4, -0.2) is 11.7 Å². The Labute approximate surface area is 66.0 Å². The zero-order chi connectivity index (χ0) is 10.8. The second-order valence-electron chi connectivity index (χ2n) is 1.94. The minimum Gasteiger partial charge on any atom is -0.394 e. The molecule has 0 aliphatic carbocycles. The molecule has 2 nitrogen and oxygen atoms in total. The number of benzene rings is 1. The van der Waals surface area contributed by atoms with Crippen LogP contribution in [0.25, 0.3) is 0 Å². The highest BCUT2D eigenvalue weighted by molar-refractivity contribution is 5.18. The van der Waals surface area contributed by atoms with Crippen LogP contribution >= 0.6 is 0 Å². The molecule has 0 saturated heterocycles. The topological polar surface area (TPSA) is 46.2 Å². The number of hydrogen-bond donors (Lipinski definition) is 2. The first-order chi connectivity index (χ1) is 6.43. The van der Waals surface area contributed by atoms with Crippen molar-refractivity contribution in [1.82, 2.24) is 0 Å². The molecule has 0 aromatic heterocycles. The predicted molar refractivity (Wildman–Crippen MR) is 40.5 cm³/mol. The third-order valence-electron chi connectivity index (χ3n) is 1.24. The van der Waals surface area contributed by atoms with E-state index in [0.717, 1.165) is 0 Å². The van der Waals surface area contributed by atoms with Crippen LogP contribution in [0.4, 0.5) is 0 Å². The summed E-state index contributed by atoms with van der Waals surface area (Å²) >= 11 is 0. The molecule has 1 aromatic carbocycles. The van der Waals surface area contributed by atoms with Crippen LogP contribution in [0.2, 0.25) is 2.82 Å². The molecule has 1 aromatic rings. The Balaban J connectivity index is 3.02. The number of aliphatic hydroxyl groups is 1. The quantitative estimate of drug-likeness (QED) is 0.650. The van der Waals surface area contributed by atoms with E-state index in [1.54, 1.807) is 30.3 Å². The molecular formula is C8H11NO. The van der Waals surface area contributed by atoms with E-state index in [4.69, 9.17) is 10.7 Å². The van der Waals surface area contributed by atoms with Gasteiger partial charge in [0.1, 0.15) is 2.82 Å². The van der Waals surface area contributed by atoms with E-state index in [9.17, 15) is 0 Å². The zero-order valence-electron chi connectivity index (χ0n) is 9.36. The molecular weight excluding hydrogens is 126 g/mol. The van der Waals surface area contributed by atoms with Crippen molar-refractivity contribution in [3.05, 3.63) is 35.9 Å². The summed E-state index contributed by atoms with van der Waals surface area (Å²) in [5.41, 5.74) is 0.556. The van der Waals surface area contributed by atoms with Gasteiger partial charge in [0, 0.05) is 0 Å². The van der Waals surface area contributed by atoms with Gasteiger partial charge in [-0.15, -0.1) is 0 Å². The van der Waals surface area contributed by atoms with Crippen molar-refractivity contribution in [3.8, 4) is 0 Å². The lowest BCUT2D eigenvalue weighted by Gasteiger charge is -2.06. The van der Waals surface area contributed by atoms with Gasteiger partial charge in [0.05, 0.1) is 15.3 Å². The first-order valence-corrected chi connectivity index (χ1v) is 2.97. The van der Waals surface area contributed by atoms with E-state index in [1.165, 1.54) is 0 Å². The van der Waals surface area contributed by atoms with Crippen LogP contribution in [0.5, 0.6) is 0 Å². The fraction of sp³-hybridized carbons (Fsp3) is 0.250. The molecule has 10 heavy (non-hydrogen) atoms. The van der Waals surface area contributed by atoms with Gasteiger partial charge in [0.25, 0.3) is 0 Å². The van der Waals surface area contributed by atoms with E-state index < -0.39 is 12.6 Å². The highest BCUT2D eigenvalue weighted by Crippen LogP contribution is 2.06. The lowest BCUT2D eigenvalue weighted by atomic mass is 10.1. The summed E-state index contributed by atoms with van der Waals surface area (Å²) < 4.78 is 28.3. The molecule has 54 valence electrons. The summed E-state index contributed by atoms with van der Waals surface area (Å²) in [7, 11) is 0. The molecule has 0 radical (unpaired) electrons. The van der Waals surface area contributed by atoms with Gasteiger partial charge in [-0.05, 0) is 5.56 Å². The Morgan fingerprint density at radius 2 is 2.30 bits per heavy atom. The lowest BCUT2D eigenvalue weighted by Crippen LogP contribution is -2.13. The van der Waals surface area contributed by atoms with Crippen LogP contribution in [0.1, 0.15) is 14.3 Å². The first kappa shape index (κ1) is 3.51. The number of hydrogen-bond acceptors (Lipinski definition) is 2. The summed E-state index contributed by atoms with van der Waals surface area (Å²) in [4.78, 5) is 0. The standard InChI is InChI=1S/C8H11NO/c9-8(6-10)7-4-2-1-3-5-7/h1-5,8,10H,6,9H2/t8-/m1/s1/i6D2/hD2. The van der Waals surface area contributed by atoms with Gasteiger partial charge in [0.2, 0.25) is 0 Å². The molecule has 0 aliphatic rings. The van der Waals surface area contributed by atoms with Crippen molar-refractivity contribution < 1.29 is 10.7 Å². The highest BCUT2D eigenvalue weighted by Gasteiger charge is 2.00. The molecule has 0 amide bonds. The minimum absolute atomic E-state index is 0.162. The molecule has 0 bridgehead atoms. The molecule has 1 atom stereocenters. The Morgan fingerprint density at radius 1 is 1.60 bits per heavy atom. The van der Waals surface area contributed by atoms with Crippen molar-refractivity contribution in [2.75, 3.05) is 6.56 Å². The Morgan fingerprint density at radius 3 is 2.80 bits per heavy atom. The van der Waals surface area contributed by atoms with E-state index >= 15 is 0 Å². The van der Waals surface area contributed by atoms with Crippen molar-refractivity contribution in [2.45, 2.75) is 6.04 Å². The molecule has 1 rings (SSSR count). The lowest BCUT2D eigenvalue weighted by molar-refractivity contribution is 0.268. The molecule has 0 spiro atoms. The van der Waals surface area contributed by atoms with Gasteiger partial charge in [-0.2, -0.15) is 0 Å². The highest BCUT2D eigenvalue weighted by atomic mass is 16.3. The second kappa shape index (κ2) is 3.34. The smallest absolute Gasteiger partial charge is 0.119 e. The maximum atomic E-state index is 9.15. The molecule has 0 fully saturated rings. The monoisotopic (exact) mass is 141 g/mol. The Kier molecular flexibility index (Phi) is 1.17. The molecule has 0 saturated carbocycles. The summed E-state index contributed by atoms with van der Waals surface area (Å²) in [5, 5.41) is 9.15. The van der Waals surface area contributed by atoms with E-state index in [2.05, 4.69) is 0 Å². The van der Waals surface area contributed by atoms with Crippen LogP contribution in [0.15, 0.2) is 30.3 Å². The van der Waals surface area contributed by atoms with E-state index in [0.29, 0.717) is 5.56 Å². The molecule has 0 heterocycles. The fourth-order valence-electron chi connectivity index (χ4n) is 0.710. The summed E-state index contributed by atoms with van der Waals surface area (Å²) in [6.07, 6.45) is 0. The Hall–Kier alpha value is -0.860. The van der Waals surface area contributed by atoms with Crippen LogP contribution in [0, 0.1) is 0 Å². The third kappa shape index (κ3) is 1.56. The summed E-state index contributed by atoms with van der Waals surface area (Å²) in [5.74, 6) is 0. The van der Waals surface area contributed by atoms with Crippen molar-refractivity contribution in [3.63, 3.8) is 0 Å². The van der Waals surface area contributed by atoms with Gasteiger partial charge in [-0.25, -0.2) is 0 Å². The molecule has 3 N–H and O–H groups in total. The summed E-state index contributed by atoms with van der Waals surface area (Å²) in [6, 6.07) is 6.90. The normalized spacial score (nSPS) is 20.6. The minimum atomic E-state index is -2.61. The van der Waals surface area contributed by atoms with Crippen LogP contribution in [0.3, 0.4) is 0 Å². The maximum absolute atomic E-state index is 9.15. The van der Waals surface area contributed by atoms with E-state index in [-0.39, 0.29) is 5.72 Å². The molecule has 0 aliphatic heterocycles. The number of rotatable bonds is 3. The van der Waals surface area contributed by atoms with Gasteiger partial charge < -0.3 is 10.8 Å². The van der Waals surface area contributed by atoms with Gasteiger partial charge >= 0.3 is 0 Å². The van der Waals surface area contributed by atoms with Gasteiger partial charge in [-0.1, -0.05) is 30.3 Å². The van der Waals surface area contributed by atoms with E-state index in [1.807, 2.05) is 0 Å². The Bertz CT molecular complexity index is 285. The predicted octanol–water partition coefficient (Wildman–Crippen LogP) is 0.679. The second-order valence-corrected chi connectivity index (χ2v) is 1.94. The van der Waals surface area contributed by atoms with Crippen LogP contribution < -0.4 is 5.72 Å². The average molecular weight is 141 g/mol. The van der Waals surface area contributed by atoms with Crippen molar-refractivity contribution in [1.29, 1.82) is 0 Å². The van der Waals surface area contributed by atoms with Gasteiger partial charge in [-0.3, -0.25) is 0 Å². The fourth-order valence-corrected chi connectivity index (χ4v) is 0.710. The number of nitrogens with two attached hydrogens (primary N) is 1. The average Bonchev–Trinajstić information content (AvgIpc) is 2.02.